The number of hydrogen-bond donors (Lipinski definition) is 5. The van der Waals surface area contributed by atoms with Crippen molar-refractivity contribution in [2.45, 2.75) is 58.6 Å². The van der Waals surface area contributed by atoms with Crippen LogP contribution in [-0.2, 0) is 16.0 Å². The second kappa shape index (κ2) is 16.7. The molecule has 0 fully saturated rings. The second-order valence-corrected chi connectivity index (χ2v) is 11.6. The molecule has 5 N–H and O–H groups in total. The van der Waals surface area contributed by atoms with Crippen LogP contribution in [0.4, 0.5) is 5.69 Å². The molecule has 3 rings (SSSR count). The largest absolute Gasteiger partial charge is 0.493 e. The van der Waals surface area contributed by atoms with Crippen LogP contribution in [0.25, 0.3) is 11.3 Å². The van der Waals surface area contributed by atoms with E-state index < -0.39 is 37.0 Å². The van der Waals surface area contributed by atoms with Gasteiger partial charge in [0.15, 0.2) is 11.5 Å². The first kappa shape index (κ1) is 35.2. The van der Waals surface area contributed by atoms with Gasteiger partial charge < -0.3 is 40.2 Å². The van der Waals surface area contributed by atoms with Crippen LogP contribution in [-0.4, -0.2) is 73.3 Å². The smallest absolute Gasteiger partial charge is 0.475 e. The minimum absolute atomic E-state index is 0.109. The summed E-state index contributed by atoms with van der Waals surface area (Å²) in [6.45, 7) is 7.47. The predicted molar refractivity (Wildman–Crippen MR) is 175 cm³/mol. The van der Waals surface area contributed by atoms with E-state index in [-0.39, 0.29) is 18.3 Å². The summed E-state index contributed by atoms with van der Waals surface area (Å²) in [5.74, 6) is -0.663. The van der Waals surface area contributed by atoms with Gasteiger partial charge in [-0.25, -0.2) is 0 Å². The van der Waals surface area contributed by atoms with Crippen molar-refractivity contribution in [1.29, 1.82) is 0 Å². The van der Waals surface area contributed by atoms with Gasteiger partial charge >= 0.3 is 7.12 Å². The summed E-state index contributed by atoms with van der Waals surface area (Å²) < 4.78 is 16.5. The lowest BCUT2D eigenvalue weighted by Gasteiger charge is -2.28. The van der Waals surface area contributed by atoms with Crippen LogP contribution in [0.3, 0.4) is 0 Å². The zero-order valence-electron chi connectivity index (χ0n) is 27.0. The number of rotatable bonds is 16. The van der Waals surface area contributed by atoms with Crippen molar-refractivity contribution < 1.29 is 33.8 Å². The van der Waals surface area contributed by atoms with Gasteiger partial charge in [-0.3, -0.25) is 14.6 Å². The molecule has 0 saturated heterocycles. The molecule has 12 heteroatoms. The van der Waals surface area contributed by atoms with Gasteiger partial charge in [0.05, 0.1) is 33.0 Å². The van der Waals surface area contributed by atoms with Gasteiger partial charge in [0.25, 0.3) is 0 Å². The van der Waals surface area contributed by atoms with Gasteiger partial charge in [-0.1, -0.05) is 45.9 Å². The Morgan fingerprint density at radius 2 is 1.56 bits per heavy atom. The number of carbonyl (C=O) groups excluding carboxylic acids is 2. The number of hydrogen-bond acceptors (Lipinski definition) is 9. The van der Waals surface area contributed by atoms with Gasteiger partial charge in [-0.2, -0.15) is 0 Å². The highest BCUT2D eigenvalue weighted by atomic mass is 16.5. The fourth-order valence-corrected chi connectivity index (χ4v) is 5.03. The van der Waals surface area contributed by atoms with E-state index in [4.69, 9.17) is 14.2 Å². The molecule has 11 nitrogen and oxygen atoms in total. The van der Waals surface area contributed by atoms with Gasteiger partial charge in [0.2, 0.25) is 17.6 Å². The quantitative estimate of drug-likeness (QED) is 0.152. The molecule has 0 radical (unpaired) electrons. The van der Waals surface area contributed by atoms with Gasteiger partial charge in [0, 0.05) is 23.9 Å². The highest BCUT2D eigenvalue weighted by molar-refractivity contribution is 6.43. The molecule has 0 saturated carbocycles. The molecule has 3 aromatic rings. The fraction of sp³-hybridized carbons (Fsp3) is 0.424. The van der Waals surface area contributed by atoms with Crippen molar-refractivity contribution in [2.75, 3.05) is 26.6 Å². The number of nitrogens with one attached hydrogen (secondary N) is 3. The Labute approximate surface area is 265 Å². The van der Waals surface area contributed by atoms with Crippen molar-refractivity contribution >= 4 is 24.6 Å². The van der Waals surface area contributed by atoms with Crippen LogP contribution < -0.4 is 30.2 Å². The average molecular weight is 621 g/mol. The summed E-state index contributed by atoms with van der Waals surface area (Å²) in [7, 11) is 2.83. The molecule has 2 aromatic carbocycles. The Morgan fingerprint density at radius 3 is 2.09 bits per heavy atom. The minimum Gasteiger partial charge on any atom is -0.493 e. The maximum atomic E-state index is 14.0. The summed E-state index contributed by atoms with van der Waals surface area (Å²) >= 11 is 0. The molecular weight excluding hydrogens is 575 g/mol. The first-order valence-corrected chi connectivity index (χ1v) is 15.0. The number of methoxy groups -OCH3 is 3. The molecule has 242 valence electrons. The van der Waals surface area contributed by atoms with E-state index in [1.165, 1.54) is 21.3 Å². The monoisotopic (exact) mass is 620 g/mol. The second-order valence-electron chi connectivity index (χ2n) is 11.6. The van der Waals surface area contributed by atoms with E-state index in [1.54, 1.807) is 18.3 Å². The Balaban J connectivity index is 1.95. The van der Waals surface area contributed by atoms with Crippen molar-refractivity contribution in [1.82, 2.24) is 15.6 Å². The molecule has 1 heterocycles. The lowest BCUT2D eigenvalue weighted by molar-refractivity contribution is -0.130. The molecule has 0 spiro atoms. The molecule has 45 heavy (non-hydrogen) atoms. The lowest BCUT2D eigenvalue weighted by Crippen LogP contribution is -2.57. The molecule has 3 unspecified atom stereocenters. The van der Waals surface area contributed by atoms with Gasteiger partial charge in [0.1, 0.15) is 12.1 Å². The Morgan fingerprint density at radius 1 is 0.867 bits per heavy atom. The summed E-state index contributed by atoms with van der Waals surface area (Å²) in [4.78, 5) is 31.8. The van der Waals surface area contributed by atoms with Crippen LogP contribution in [0, 0.1) is 11.8 Å². The van der Waals surface area contributed by atoms with Crippen molar-refractivity contribution in [2.24, 2.45) is 11.8 Å². The van der Waals surface area contributed by atoms with Crippen LogP contribution in [0.5, 0.6) is 17.2 Å². The molecule has 3 atom stereocenters. The standard InChI is InChI=1S/C33H45BN4O7/c1-20(2)15-29(34(41)42)37-33(40)30(21(3)4)38-32(39)26(16-22-17-27(43-5)31(45-7)28(18-22)44-6)36-24-12-10-11-23(19-24)25-13-8-9-14-35-25/h8-14,17-21,26,29-30,36,41-42H,15-16H2,1-7H3,(H,37,40)(H,38,39). The maximum Gasteiger partial charge on any atom is 0.475 e. The van der Waals surface area contributed by atoms with Gasteiger partial charge in [-0.05, 0) is 60.2 Å². The van der Waals surface area contributed by atoms with Crippen LogP contribution >= 0.6 is 0 Å². The highest BCUT2D eigenvalue weighted by Crippen LogP contribution is 2.38. The molecule has 1 aromatic heterocycles. The van der Waals surface area contributed by atoms with Crippen LogP contribution in [0.15, 0.2) is 60.8 Å². The number of aromatic nitrogens is 1. The third-order valence-electron chi connectivity index (χ3n) is 7.30. The molecule has 0 aliphatic carbocycles. The minimum atomic E-state index is -1.74. The number of amides is 2. The molecule has 0 aliphatic rings. The molecular formula is C33H45BN4O7. The summed E-state index contributed by atoms with van der Waals surface area (Å²) in [5.41, 5.74) is 3.05. The third kappa shape index (κ3) is 9.85. The van der Waals surface area contributed by atoms with Crippen molar-refractivity contribution in [3.8, 4) is 28.5 Å². The predicted octanol–water partition coefficient (Wildman–Crippen LogP) is 3.48. The molecule has 0 aliphatic heterocycles. The summed E-state index contributed by atoms with van der Waals surface area (Å²) in [5, 5.41) is 28.7. The van der Waals surface area contributed by atoms with Crippen LogP contribution in [0.1, 0.15) is 39.7 Å². The number of nitrogens with zero attached hydrogens (tertiary/aromatic N) is 1. The van der Waals surface area contributed by atoms with Crippen molar-refractivity contribution in [3.05, 3.63) is 66.4 Å². The van der Waals surface area contributed by atoms with E-state index in [1.807, 2.05) is 70.2 Å². The van der Waals surface area contributed by atoms with Crippen LogP contribution in [0.2, 0.25) is 0 Å². The first-order chi connectivity index (χ1) is 21.5. The lowest BCUT2D eigenvalue weighted by atomic mass is 9.75. The third-order valence-corrected chi connectivity index (χ3v) is 7.30. The van der Waals surface area contributed by atoms with E-state index in [2.05, 4.69) is 20.9 Å². The Bertz CT molecular complexity index is 1380. The number of pyridine rings is 1. The topological polar surface area (TPSA) is 151 Å². The number of carbonyl (C=O) groups is 2. The highest BCUT2D eigenvalue weighted by Gasteiger charge is 2.33. The number of anilines is 1. The summed E-state index contributed by atoms with van der Waals surface area (Å²) in [6, 6.07) is 15.0. The number of benzene rings is 2. The van der Waals surface area contributed by atoms with Crippen molar-refractivity contribution in [3.63, 3.8) is 0 Å². The first-order valence-electron chi connectivity index (χ1n) is 15.0. The van der Waals surface area contributed by atoms with Gasteiger partial charge in [-0.15, -0.1) is 0 Å². The van der Waals surface area contributed by atoms with E-state index in [9.17, 15) is 19.6 Å². The molecule has 0 bridgehead atoms. The Kier molecular flexibility index (Phi) is 13.1. The SMILES string of the molecule is COc1cc(CC(Nc2cccc(-c3ccccn3)c2)C(=O)NC(C(=O)NC(CC(C)C)B(O)O)C(C)C)cc(OC)c1OC. The average Bonchev–Trinajstić information content (AvgIpc) is 3.02. The van der Waals surface area contributed by atoms with E-state index >= 15 is 0 Å². The zero-order chi connectivity index (χ0) is 33.1. The fourth-order valence-electron chi connectivity index (χ4n) is 5.03. The number of ether oxygens (including phenoxy) is 3. The van der Waals surface area contributed by atoms with E-state index in [0.717, 1.165) is 16.8 Å². The summed E-state index contributed by atoms with van der Waals surface area (Å²) in [6.07, 6.45) is 2.28. The zero-order valence-corrected chi connectivity index (χ0v) is 27.0. The molecule has 2 amide bonds. The Hall–Kier alpha value is -4.29. The normalized spacial score (nSPS) is 13.0. The maximum absolute atomic E-state index is 14.0. The van der Waals surface area contributed by atoms with E-state index in [0.29, 0.717) is 29.4 Å².